The Balaban J connectivity index is 0.000000588. The molecule has 0 atom stereocenters. The Morgan fingerprint density at radius 3 is 1.98 bits per heavy atom. The molecule has 1 aliphatic rings. The number of fused-ring (bicyclic) bond motifs is 2. The Kier molecular flexibility index (Phi) is 24.2. The molecule has 0 spiro atoms. The maximum atomic E-state index is 11.7. The number of hydrogen-bond acceptors (Lipinski definition) is 5. The second-order valence-corrected chi connectivity index (χ2v) is 13.2. The van der Waals surface area contributed by atoms with Crippen molar-refractivity contribution in [3.63, 3.8) is 0 Å². The number of aromatic carboxylic acids is 1. The molecule has 0 fully saturated rings. The SMILES string of the molecule is CC(C)C.CCC(=O)c1cc2cc3c(nc2s1)CCCC3.CCCCC.CCCOCCC(C)C.O=C(O)c1ccccc1. The van der Waals surface area contributed by atoms with Crippen LogP contribution in [0, 0.1) is 11.8 Å². The number of rotatable bonds is 10. The topological polar surface area (TPSA) is 76.5 Å². The molecule has 3 aromatic rings. The summed E-state index contributed by atoms with van der Waals surface area (Å²) < 4.78 is 5.29. The average Bonchev–Trinajstić information content (AvgIpc) is 3.42. The van der Waals surface area contributed by atoms with Gasteiger partial charge in [0.25, 0.3) is 0 Å². The Hall–Kier alpha value is -2.57. The van der Waals surface area contributed by atoms with Crippen molar-refractivity contribution in [1.29, 1.82) is 0 Å². The number of ketones is 1. The van der Waals surface area contributed by atoms with E-state index in [-0.39, 0.29) is 5.78 Å². The summed E-state index contributed by atoms with van der Waals surface area (Å²) in [6.07, 6.45) is 11.7. The highest BCUT2D eigenvalue weighted by Crippen LogP contribution is 2.29. The summed E-state index contributed by atoms with van der Waals surface area (Å²) in [6, 6.07) is 12.5. The number of pyridine rings is 1. The van der Waals surface area contributed by atoms with Gasteiger partial charge in [-0.3, -0.25) is 4.79 Å². The Morgan fingerprint density at radius 2 is 1.50 bits per heavy atom. The van der Waals surface area contributed by atoms with Crippen molar-refractivity contribution in [3.05, 3.63) is 64.2 Å². The maximum Gasteiger partial charge on any atom is 0.335 e. The summed E-state index contributed by atoms with van der Waals surface area (Å²) in [5, 5.41) is 9.53. The smallest absolute Gasteiger partial charge is 0.335 e. The van der Waals surface area contributed by atoms with Crippen molar-refractivity contribution < 1.29 is 19.4 Å². The molecule has 44 heavy (non-hydrogen) atoms. The van der Waals surface area contributed by atoms with Gasteiger partial charge in [0.15, 0.2) is 5.78 Å². The standard InChI is InChI=1S/C14H15NOS.C8H18O.C7H6O2.C5H12.C4H10/c1-2-12(16)13-8-10-7-9-5-3-4-6-11(9)15-14(10)17-13;1-4-6-9-7-5-8(2)3;8-7(9)6-4-2-1-3-5-6;1-3-5-4-2;1-4(2)3/h7-8H,2-6H2,1H3;8H,4-7H2,1-3H3;1-5H,(H,8,9);3-5H2,1-2H3;4H,1-3H3. The van der Waals surface area contributed by atoms with Crippen molar-refractivity contribution >= 4 is 33.3 Å². The number of hydrogen-bond donors (Lipinski definition) is 1. The van der Waals surface area contributed by atoms with E-state index in [0.29, 0.717) is 12.0 Å². The number of carboxylic acid groups (broad SMARTS) is 1. The van der Waals surface area contributed by atoms with E-state index in [0.717, 1.165) is 59.4 Å². The van der Waals surface area contributed by atoms with Gasteiger partial charge < -0.3 is 9.84 Å². The minimum atomic E-state index is -0.879. The fourth-order valence-corrected chi connectivity index (χ4v) is 4.95. The third-order valence-electron chi connectivity index (χ3n) is 6.30. The van der Waals surface area contributed by atoms with Gasteiger partial charge in [0.05, 0.1) is 10.4 Å². The van der Waals surface area contributed by atoms with Crippen molar-refractivity contribution in [2.75, 3.05) is 13.2 Å². The van der Waals surface area contributed by atoms with Crippen LogP contribution in [-0.4, -0.2) is 35.1 Å². The first kappa shape index (κ1) is 41.4. The molecule has 5 nitrogen and oxygen atoms in total. The number of carbonyl (C=O) groups is 2. The number of benzene rings is 1. The number of carbonyl (C=O) groups excluding carboxylic acids is 1. The molecular formula is C38H61NO4S. The number of carboxylic acids is 1. The maximum absolute atomic E-state index is 11.7. The van der Waals surface area contributed by atoms with Crippen molar-refractivity contribution in [2.45, 2.75) is 127 Å². The Labute approximate surface area is 272 Å². The molecule has 2 heterocycles. The molecule has 0 bridgehead atoms. The molecule has 4 rings (SSSR count). The van der Waals surface area contributed by atoms with Gasteiger partial charge in [-0.1, -0.05) is 99.8 Å². The molecule has 248 valence electrons. The molecule has 0 aliphatic heterocycles. The van der Waals surface area contributed by atoms with Crippen LogP contribution in [0.4, 0.5) is 0 Å². The first-order chi connectivity index (χ1) is 21.0. The predicted molar refractivity (Wildman–Crippen MR) is 191 cm³/mol. The van der Waals surface area contributed by atoms with Crippen molar-refractivity contribution in [2.24, 2.45) is 11.8 Å². The largest absolute Gasteiger partial charge is 0.478 e. The van der Waals surface area contributed by atoms with E-state index >= 15 is 0 Å². The summed E-state index contributed by atoms with van der Waals surface area (Å²) >= 11 is 1.54. The fourth-order valence-electron chi connectivity index (χ4n) is 3.90. The number of nitrogens with zero attached hydrogens (tertiary/aromatic N) is 1. The Morgan fingerprint density at radius 1 is 0.886 bits per heavy atom. The first-order valence-electron chi connectivity index (χ1n) is 16.8. The lowest BCUT2D eigenvalue weighted by Gasteiger charge is -2.13. The summed E-state index contributed by atoms with van der Waals surface area (Å²) in [5.41, 5.74) is 2.97. The number of thiophene rings is 1. The third-order valence-corrected chi connectivity index (χ3v) is 7.38. The van der Waals surface area contributed by atoms with Crippen LogP contribution < -0.4 is 0 Å². The second-order valence-electron chi connectivity index (χ2n) is 12.1. The lowest BCUT2D eigenvalue weighted by atomic mass is 9.95. The van der Waals surface area contributed by atoms with Crippen LogP contribution in [0.5, 0.6) is 0 Å². The zero-order valence-corrected chi connectivity index (χ0v) is 30.0. The van der Waals surface area contributed by atoms with Gasteiger partial charge >= 0.3 is 5.97 Å². The minimum absolute atomic E-state index is 0.228. The van der Waals surface area contributed by atoms with Crippen molar-refractivity contribution in [3.8, 4) is 0 Å². The van der Waals surface area contributed by atoms with Gasteiger partial charge in [-0.15, -0.1) is 11.3 Å². The van der Waals surface area contributed by atoms with E-state index in [1.807, 2.05) is 13.0 Å². The molecule has 0 saturated carbocycles. The molecular weight excluding hydrogens is 566 g/mol. The summed E-state index contributed by atoms with van der Waals surface area (Å²) in [5.74, 6) is 0.962. The number of Topliss-reactive ketones (excluding diaryl/α,β-unsaturated/α-hetero) is 1. The lowest BCUT2D eigenvalue weighted by Crippen LogP contribution is -2.04. The van der Waals surface area contributed by atoms with Crippen LogP contribution in [0.1, 0.15) is 145 Å². The first-order valence-corrected chi connectivity index (χ1v) is 17.6. The fraction of sp³-hybridized carbons (Fsp3) is 0.605. The van der Waals surface area contributed by atoms with Crippen LogP contribution in [-0.2, 0) is 17.6 Å². The van der Waals surface area contributed by atoms with E-state index in [1.165, 1.54) is 49.8 Å². The molecule has 2 aromatic heterocycles. The van der Waals surface area contributed by atoms with Crippen LogP contribution in [0.2, 0.25) is 0 Å². The van der Waals surface area contributed by atoms with Crippen LogP contribution in [0.25, 0.3) is 10.2 Å². The van der Waals surface area contributed by atoms with Gasteiger partial charge in [-0.25, -0.2) is 9.78 Å². The molecule has 6 heteroatoms. The molecule has 1 N–H and O–H groups in total. The van der Waals surface area contributed by atoms with Crippen LogP contribution >= 0.6 is 11.3 Å². The number of aromatic nitrogens is 1. The van der Waals surface area contributed by atoms with E-state index in [4.69, 9.17) is 14.8 Å². The summed E-state index contributed by atoms with van der Waals surface area (Å²) in [7, 11) is 0. The van der Waals surface area contributed by atoms with Crippen LogP contribution in [0.15, 0.2) is 42.5 Å². The third kappa shape index (κ3) is 19.7. The van der Waals surface area contributed by atoms with Gasteiger partial charge in [0.2, 0.25) is 0 Å². The normalized spacial score (nSPS) is 11.5. The predicted octanol–water partition coefficient (Wildman–Crippen LogP) is 11.5. The zero-order chi connectivity index (χ0) is 33.3. The monoisotopic (exact) mass is 627 g/mol. The van der Waals surface area contributed by atoms with Gasteiger partial charge in [0, 0.05) is 30.7 Å². The highest BCUT2D eigenvalue weighted by atomic mass is 32.1. The van der Waals surface area contributed by atoms with Gasteiger partial charge in [-0.2, -0.15) is 0 Å². The number of unbranched alkanes of at least 4 members (excludes halogenated alkanes) is 2. The molecule has 0 radical (unpaired) electrons. The number of ether oxygens (including phenoxy) is 1. The quantitative estimate of drug-likeness (QED) is 0.179. The average molecular weight is 628 g/mol. The van der Waals surface area contributed by atoms with Crippen molar-refractivity contribution in [1.82, 2.24) is 4.98 Å². The second kappa shape index (κ2) is 25.7. The molecule has 0 saturated heterocycles. The van der Waals surface area contributed by atoms with E-state index in [9.17, 15) is 9.59 Å². The highest BCUT2D eigenvalue weighted by molar-refractivity contribution is 7.20. The highest BCUT2D eigenvalue weighted by Gasteiger charge is 2.15. The molecule has 0 amide bonds. The molecule has 1 aliphatic carbocycles. The summed E-state index contributed by atoms with van der Waals surface area (Å²) in [6.45, 7) is 21.3. The molecule has 0 unspecified atom stereocenters. The van der Waals surface area contributed by atoms with Crippen LogP contribution in [0.3, 0.4) is 0 Å². The summed E-state index contributed by atoms with van der Waals surface area (Å²) in [4.78, 5) is 28.5. The minimum Gasteiger partial charge on any atom is -0.478 e. The van der Waals surface area contributed by atoms with Gasteiger partial charge in [-0.05, 0) is 80.2 Å². The van der Waals surface area contributed by atoms with E-state index < -0.39 is 5.97 Å². The molecule has 1 aromatic carbocycles. The zero-order valence-electron chi connectivity index (χ0n) is 29.2. The number of aryl methyl sites for hydroxylation is 2. The van der Waals surface area contributed by atoms with E-state index in [1.54, 1.807) is 41.7 Å². The van der Waals surface area contributed by atoms with Gasteiger partial charge in [0.1, 0.15) is 4.83 Å². The Bertz CT molecular complexity index is 1110. The van der Waals surface area contributed by atoms with E-state index in [2.05, 4.69) is 61.5 Å². The lowest BCUT2D eigenvalue weighted by molar-refractivity contribution is 0.0696.